The standard InChI is InChI=1S/C41H43F3N4O6/c1-51-34-22-28(23-35(52-2)37(34)53-3)39(50)47-20-16-40(26-47,29-8-6-9-30(24-29)41(42,43)44)15-19-46-17-13-27(14-18-46)36(49)38-45-32-11-4-5-12-33(32)48(38)25-31-10-7-21-54-31/h4-12,21-24,27H,13-20,25-26H2,1-3H3. The van der Waals surface area contributed by atoms with Crippen LogP contribution >= 0.6 is 0 Å². The van der Waals surface area contributed by atoms with E-state index in [1.807, 2.05) is 41.0 Å². The molecule has 2 saturated heterocycles. The number of imidazole rings is 1. The van der Waals surface area contributed by atoms with Gasteiger partial charge in [0, 0.05) is 30.0 Å². The first-order valence-corrected chi connectivity index (χ1v) is 18.0. The van der Waals surface area contributed by atoms with Gasteiger partial charge in [-0.15, -0.1) is 0 Å². The fraction of sp³-hybridized carbons (Fsp3) is 0.390. The molecule has 7 rings (SSSR count). The molecule has 5 aromatic rings. The van der Waals surface area contributed by atoms with Crippen LogP contribution in [0.15, 0.2) is 83.5 Å². The van der Waals surface area contributed by atoms with Crippen molar-refractivity contribution in [2.75, 3.05) is 54.1 Å². The fourth-order valence-electron chi connectivity index (χ4n) is 8.00. The molecule has 13 heteroatoms. The van der Waals surface area contributed by atoms with Gasteiger partial charge in [0.2, 0.25) is 11.5 Å². The highest BCUT2D eigenvalue weighted by atomic mass is 19.4. The second-order valence-corrected chi connectivity index (χ2v) is 14.1. The zero-order chi connectivity index (χ0) is 38.0. The lowest BCUT2D eigenvalue weighted by Gasteiger charge is -2.36. The lowest BCUT2D eigenvalue weighted by atomic mass is 9.76. The Morgan fingerprint density at radius 2 is 1.65 bits per heavy atom. The zero-order valence-electron chi connectivity index (χ0n) is 30.5. The highest BCUT2D eigenvalue weighted by molar-refractivity contribution is 5.98. The number of alkyl halides is 3. The SMILES string of the molecule is COc1cc(C(=O)N2CCC(CCN3CCC(C(=O)c4nc5ccccc5n4Cc4ccco4)CC3)(c3cccc(C(F)(F)F)c3)C2)cc(OC)c1OC. The summed E-state index contributed by atoms with van der Waals surface area (Å²) in [6.07, 6.45) is -0.611. The van der Waals surface area contributed by atoms with E-state index in [1.54, 1.807) is 29.4 Å². The molecule has 2 fully saturated rings. The second kappa shape index (κ2) is 15.2. The van der Waals surface area contributed by atoms with Gasteiger partial charge in [-0.25, -0.2) is 4.98 Å². The third-order valence-electron chi connectivity index (χ3n) is 11.0. The first-order valence-electron chi connectivity index (χ1n) is 18.0. The Bertz CT molecular complexity index is 2100. The van der Waals surface area contributed by atoms with Crippen molar-refractivity contribution in [1.82, 2.24) is 19.4 Å². The molecule has 0 aliphatic carbocycles. The summed E-state index contributed by atoms with van der Waals surface area (Å²) in [5.74, 6) is 1.67. The topological polar surface area (TPSA) is 99.3 Å². The fourth-order valence-corrected chi connectivity index (χ4v) is 8.00. The van der Waals surface area contributed by atoms with E-state index in [2.05, 4.69) is 4.90 Å². The van der Waals surface area contributed by atoms with Crippen molar-refractivity contribution in [1.29, 1.82) is 0 Å². The Morgan fingerprint density at radius 3 is 2.31 bits per heavy atom. The summed E-state index contributed by atoms with van der Waals surface area (Å²) < 4.78 is 65.7. The number of piperidine rings is 1. The third kappa shape index (κ3) is 7.29. The Morgan fingerprint density at radius 1 is 0.907 bits per heavy atom. The van der Waals surface area contributed by atoms with Gasteiger partial charge in [0.15, 0.2) is 17.3 Å². The number of carbonyl (C=O) groups is 2. The number of para-hydroxylation sites is 2. The average Bonchev–Trinajstić information content (AvgIpc) is 3.96. The Labute approximate surface area is 311 Å². The van der Waals surface area contributed by atoms with Crippen LogP contribution in [-0.4, -0.2) is 85.1 Å². The molecule has 1 unspecified atom stereocenters. The number of carbonyl (C=O) groups excluding carboxylic acids is 2. The van der Waals surface area contributed by atoms with E-state index in [0.29, 0.717) is 92.6 Å². The van der Waals surface area contributed by atoms with Crippen molar-refractivity contribution in [3.63, 3.8) is 0 Å². The zero-order valence-corrected chi connectivity index (χ0v) is 30.5. The van der Waals surface area contributed by atoms with Gasteiger partial charge in [0.25, 0.3) is 5.91 Å². The number of ether oxygens (including phenoxy) is 3. The lowest BCUT2D eigenvalue weighted by Crippen LogP contribution is -2.41. The van der Waals surface area contributed by atoms with Gasteiger partial charge in [-0.2, -0.15) is 13.2 Å². The number of nitrogens with zero attached hydrogens (tertiary/aromatic N) is 4. The molecule has 1 atom stereocenters. The number of fused-ring (bicyclic) bond motifs is 1. The first-order chi connectivity index (χ1) is 26.0. The van der Waals surface area contributed by atoms with Crippen molar-refractivity contribution in [3.05, 3.63) is 107 Å². The molecule has 0 N–H and O–H groups in total. The summed E-state index contributed by atoms with van der Waals surface area (Å²) in [4.78, 5) is 36.7. The molecule has 284 valence electrons. The van der Waals surface area contributed by atoms with Crippen molar-refractivity contribution >= 4 is 22.7 Å². The van der Waals surface area contributed by atoms with E-state index in [0.717, 1.165) is 22.9 Å². The molecule has 10 nitrogen and oxygen atoms in total. The smallest absolute Gasteiger partial charge is 0.416 e. The van der Waals surface area contributed by atoms with Gasteiger partial charge in [0.1, 0.15) is 5.76 Å². The predicted octanol–water partition coefficient (Wildman–Crippen LogP) is 7.49. The van der Waals surface area contributed by atoms with Crippen LogP contribution in [0.1, 0.15) is 63.5 Å². The van der Waals surface area contributed by atoms with E-state index in [-0.39, 0.29) is 24.2 Å². The summed E-state index contributed by atoms with van der Waals surface area (Å²) in [5.41, 5.74) is 1.06. The molecule has 0 bridgehead atoms. The molecule has 4 heterocycles. The van der Waals surface area contributed by atoms with Gasteiger partial charge >= 0.3 is 6.18 Å². The summed E-state index contributed by atoms with van der Waals surface area (Å²) in [7, 11) is 4.42. The number of Topliss-reactive ketones (excluding diaryl/α,β-unsaturated/α-hetero) is 1. The quantitative estimate of drug-likeness (QED) is 0.121. The second-order valence-electron chi connectivity index (χ2n) is 14.1. The molecule has 2 aliphatic heterocycles. The maximum absolute atomic E-state index is 14.0. The van der Waals surface area contributed by atoms with E-state index in [9.17, 15) is 22.8 Å². The van der Waals surface area contributed by atoms with Crippen molar-refractivity contribution in [2.24, 2.45) is 5.92 Å². The molecule has 2 aromatic heterocycles. The minimum Gasteiger partial charge on any atom is -0.493 e. The summed E-state index contributed by atoms with van der Waals surface area (Å²) in [6.45, 7) is 2.90. The lowest BCUT2D eigenvalue weighted by molar-refractivity contribution is -0.137. The normalized spacial score (nSPS) is 18.3. The molecular formula is C41H43F3N4O6. The number of hydrogen-bond donors (Lipinski definition) is 0. The molecule has 0 radical (unpaired) electrons. The predicted molar refractivity (Wildman–Crippen MR) is 195 cm³/mol. The largest absolute Gasteiger partial charge is 0.493 e. The van der Waals surface area contributed by atoms with Crippen LogP contribution in [0.5, 0.6) is 17.2 Å². The molecule has 1 amide bonds. The van der Waals surface area contributed by atoms with Crippen LogP contribution in [0, 0.1) is 5.92 Å². The van der Waals surface area contributed by atoms with Crippen molar-refractivity contribution in [3.8, 4) is 17.2 Å². The van der Waals surface area contributed by atoms with Crippen molar-refractivity contribution < 1.29 is 41.4 Å². The van der Waals surface area contributed by atoms with Crippen molar-refractivity contribution in [2.45, 2.75) is 43.8 Å². The van der Waals surface area contributed by atoms with Crippen LogP contribution in [0.4, 0.5) is 13.2 Å². The monoisotopic (exact) mass is 744 g/mol. The highest BCUT2D eigenvalue weighted by Crippen LogP contribution is 2.43. The van der Waals surface area contributed by atoms with E-state index in [1.165, 1.54) is 33.5 Å². The Kier molecular flexibility index (Phi) is 10.4. The van der Waals surface area contributed by atoms with Crippen LogP contribution in [0.25, 0.3) is 11.0 Å². The maximum atomic E-state index is 14.0. The highest BCUT2D eigenvalue weighted by Gasteiger charge is 2.43. The van der Waals surface area contributed by atoms with Gasteiger partial charge in [-0.3, -0.25) is 9.59 Å². The van der Waals surface area contributed by atoms with Gasteiger partial charge < -0.3 is 33.0 Å². The van der Waals surface area contributed by atoms with E-state index >= 15 is 0 Å². The third-order valence-corrected chi connectivity index (χ3v) is 11.0. The molecular weight excluding hydrogens is 701 g/mol. The van der Waals surface area contributed by atoms with Crippen LogP contribution in [0.2, 0.25) is 0 Å². The van der Waals surface area contributed by atoms with Gasteiger partial charge in [-0.1, -0.05) is 30.3 Å². The Hall–Kier alpha value is -5.30. The van der Waals surface area contributed by atoms with E-state index < -0.39 is 17.2 Å². The number of methoxy groups -OCH3 is 3. The average molecular weight is 745 g/mol. The number of rotatable bonds is 12. The number of furan rings is 1. The summed E-state index contributed by atoms with van der Waals surface area (Å²) in [5, 5.41) is 0. The number of hydrogen-bond acceptors (Lipinski definition) is 8. The minimum atomic E-state index is -4.51. The first kappa shape index (κ1) is 37.0. The number of halogens is 3. The number of benzene rings is 3. The molecule has 0 spiro atoms. The summed E-state index contributed by atoms with van der Waals surface area (Å²) in [6, 6.07) is 20.0. The van der Waals surface area contributed by atoms with Gasteiger partial charge in [-0.05, 0) is 93.3 Å². The van der Waals surface area contributed by atoms with E-state index in [4.69, 9.17) is 23.6 Å². The van der Waals surface area contributed by atoms with Crippen LogP contribution in [-0.2, 0) is 18.1 Å². The molecule has 54 heavy (non-hydrogen) atoms. The van der Waals surface area contributed by atoms with Crippen LogP contribution < -0.4 is 14.2 Å². The maximum Gasteiger partial charge on any atom is 0.416 e. The number of amides is 1. The molecule has 3 aromatic carbocycles. The number of likely N-dealkylation sites (tertiary alicyclic amines) is 2. The summed E-state index contributed by atoms with van der Waals surface area (Å²) >= 11 is 0. The Balaban J connectivity index is 1.08. The number of ketones is 1. The van der Waals surface area contributed by atoms with Gasteiger partial charge in [0.05, 0.1) is 50.7 Å². The minimum absolute atomic E-state index is 0.00502. The molecule has 2 aliphatic rings. The number of aromatic nitrogens is 2. The van der Waals surface area contributed by atoms with Crippen LogP contribution in [0.3, 0.4) is 0 Å². The molecule has 0 saturated carbocycles.